The molecule has 1 aromatic carbocycles. The molecule has 0 aromatic heterocycles. The van der Waals surface area contributed by atoms with Crippen molar-refractivity contribution in [1.29, 1.82) is 0 Å². The average Bonchev–Trinajstić information content (AvgIpc) is 2.24. The lowest BCUT2D eigenvalue weighted by Gasteiger charge is -2.27. The van der Waals surface area contributed by atoms with Crippen LogP contribution in [0.2, 0.25) is 0 Å². The third kappa shape index (κ3) is 3.51. The summed E-state index contributed by atoms with van der Waals surface area (Å²) in [6.07, 6.45) is 0. The lowest BCUT2D eigenvalue weighted by Crippen LogP contribution is -2.42. The van der Waals surface area contributed by atoms with E-state index in [4.69, 9.17) is 0 Å². The molecule has 1 N–H and O–H groups in total. The van der Waals surface area contributed by atoms with Crippen LogP contribution in [0.25, 0.3) is 0 Å². The standard InChI is InChI=1S/C12H18FNO3S/c1-4-14(9-12(2,3)15)18(16,17)11-8-6-5-7-10(11)13/h5-8,15H,4,9H2,1-3H3. The fourth-order valence-electron chi connectivity index (χ4n) is 1.59. The monoisotopic (exact) mass is 275 g/mol. The van der Waals surface area contributed by atoms with E-state index in [0.717, 1.165) is 10.4 Å². The first-order valence-electron chi connectivity index (χ1n) is 5.65. The van der Waals surface area contributed by atoms with Gasteiger partial charge >= 0.3 is 0 Å². The Morgan fingerprint density at radius 3 is 2.33 bits per heavy atom. The van der Waals surface area contributed by atoms with Gasteiger partial charge in [-0.15, -0.1) is 0 Å². The van der Waals surface area contributed by atoms with Gasteiger partial charge in [0.1, 0.15) is 10.7 Å². The Hall–Kier alpha value is -0.980. The molecule has 0 saturated heterocycles. The molecule has 0 saturated carbocycles. The van der Waals surface area contributed by atoms with Crippen LogP contribution in [0.15, 0.2) is 29.2 Å². The van der Waals surface area contributed by atoms with Crippen LogP contribution in [0.5, 0.6) is 0 Å². The Bertz CT molecular complexity index is 508. The van der Waals surface area contributed by atoms with Gasteiger partial charge in [0.2, 0.25) is 10.0 Å². The number of hydrogen-bond acceptors (Lipinski definition) is 3. The summed E-state index contributed by atoms with van der Waals surface area (Å²) in [5, 5.41) is 9.70. The first-order chi connectivity index (χ1) is 8.18. The lowest BCUT2D eigenvalue weighted by molar-refractivity contribution is 0.0601. The smallest absolute Gasteiger partial charge is 0.246 e. The maximum Gasteiger partial charge on any atom is 0.246 e. The van der Waals surface area contributed by atoms with E-state index >= 15 is 0 Å². The van der Waals surface area contributed by atoms with Crippen molar-refractivity contribution in [2.45, 2.75) is 31.3 Å². The third-order valence-corrected chi connectivity index (χ3v) is 4.32. The molecule has 1 rings (SSSR count). The van der Waals surface area contributed by atoms with E-state index in [9.17, 15) is 17.9 Å². The van der Waals surface area contributed by atoms with E-state index in [1.807, 2.05) is 0 Å². The Balaban J connectivity index is 3.16. The minimum Gasteiger partial charge on any atom is -0.389 e. The Kier molecular flexibility index (Phi) is 4.47. The molecule has 6 heteroatoms. The highest BCUT2D eigenvalue weighted by atomic mass is 32.2. The number of halogens is 1. The predicted octanol–water partition coefficient (Wildman–Crippen LogP) is 1.61. The van der Waals surface area contributed by atoms with Gasteiger partial charge in [-0.3, -0.25) is 0 Å². The van der Waals surface area contributed by atoms with Gasteiger partial charge in [0.15, 0.2) is 0 Å². The summed E-state index contributed by atoms with van der Waals surface area (Å²) >= 11 is 0. The summed E-state index contributed by atoms with van der Waals surface area (Å²) in [5.74, 6) is -0.785. The van der Waals surface area contributed by atoms with Gasteiger partial charge in [-0.2, -0.15) is 4.31 Å². The topological polar surface area (TPSA) is 57.6 Å². The van der Waals surface area contributed by atoms with Crippen LogP contribution in [0, 0.1) is 5.82 Å². The summed E-state index contributed by atoms with van der Waals surface area (Å²) in [7, 11) is -3.92. The van der Waals surface area contributed by atoms with Crippen LogP contribution >= 0.6 is 0 Å². The molecule has 0 unspecified atom stereocenters. The fourth-order valence-corrected chi connectivity index (χ4v) is 3.26. The highest BCUT2D eigenvalue weighted by Gasteiger charge is 2.30. The van der Waals surface area contributed by atoms with Crippen LogP contribution in [0.4, 0.5) is 4.39 Å². The second-order valence-corrected chi connectivity index (χ2v) is 6.58. The normalized spacial score (nSPS) is 13.0. The molecule has 0 amide bonds. The van der Waals surface area contributed by atoms with E-state index < -0.39 is 21.4 Å². The van der Waals surface area contributed by atoms with Crippen molar-refractivity contribution >= 4 is 10.0 Å². The van der Waals surface area contributed by atoms with E-state index in [0.29, 0.717) is 0 Å². The summed E-state index contributed by atoms with van der Waals surface area (Å²) in [5.41, 5.74) is -1.17. The number of nitrogens with zero attached hydrogens (tertiary/aromatic N) is 1. The van der Waals surface area contributed by atoms with Gasteiger partial charge < -0.3 is 5.11 Å². The maximum absolute atomic E-state index is 13.5. The number of likely N-dealkylation sites (N-methyl/N-ethyl adjacent to an activating group) is 1. The van der Waals surface area contributed by atoms with Crippen LogP contribution in [-0.4, -0.2) is 36.5 Å². The number of rotatable bonds is 5. The van der Waals surface area contributed by atoms with Crippen molar-refractivity contribution in [2.75, 3.05) is 13.1 Å². The molecule has 0 fully saturated rings. The molecule has 102 valence electrons. The first-order valence-corrected chi connectivity index (χ1v) is 7.09. The Morgan fingerprint density at radius 1 is 1.33 bits per heavy atom. The third-order valence-electron chi connectivity index (χ3n) is 2.37. The molecule has 0 heterocycles. The summed E-state index contributed by atoms with van der Waals surface area (Å²) in [6, 6.07) is 5.22. The number of aliphatic hydroxyl groups is 1. The van der Waals surface area contributed by atoms with Crippen LogP contribution in [-0.2, 0) is 10.0 Å². The van der Waals surface area contributed by atoms with Gasteiger partial charge in [0.05, 0.1) is 5.60 Å². The average molecular weight is 275 g/mol. The second kappa shape index (κ2) is 5.34. The number of benzene rings is 1. The molecular weight excluding hydrogens is 257 g/mol. The minimum absolute atomic E-state index is 0.0832. The van der Waals surface area contributed by atoms with E-state index in [2.05, 4.69) is 0 Å². The minimum atomic E-state index is -3.92. The van der Waals surface area contributed by atoms with Crippen LogP contribution in [0.1, 0.15) is 20.8 Å². The zero-order valence-corrected chi connectivity index (χ0v) is 11.5. The van der Waals surface area contributed by atoms with Crippen molar-refractivity contribution < 1.29 is 17.9 Å². The van der Waals surface area contributed by atoms with E-state index in [1.54, 1.807) is 6.92 Å². The fraction of sp³-hybridized carbons (Fsp3) is 0.500. The lowest BCUT2D eigenvalue weighted by atomic mass is 10.1. The Labute approximate surface area is 107 Å². The van der Waals surface area contributed by atoms with Gasteiger partial charge in [-0.25, -0.2) is 12.8 Å². The van der Waals surface area contributed by atoms with Crippen LogP contribution in [0.3, 0.4) is 0 Å². The molecular formula is C12H18FNO3S. The molecule has 0 atom stereocenters. The van der Waals surface area contributed by atoms with Crippen molar-refractivity contribution in [3.63, 3.8) is 0 Å². The largest absolute Gasteiger partial charge is 0.389 e. The molecule has 0 spiro atoms. The van der Waals surface area contributed by atoms with Gasteiger partial charge in [0.25, 0.3) is 0 Å². The zero-order chi connectivity index (χ0) is 14.0. The highest BCUT2D eigenvalue weighted by molar-refractivity contribution is 7.89. The summed E-state index contributed by atoms with van der Waals surface area (Å²) < 4.78 is 39.1. The van der Waals surface area contributed by atoms with Gasteiger partial charge in [0, 0.05) is 13.1 Å². The molecule has 1 aromatic rings. The molecule has 0 aliphatic heterocycles. The number of sulfonamides is 1. The van der Waals surface area contributed by atoms with Gasteiger partial charge in [-0.1, -0.05) is 19.1 Å². The maximum atomic E-state index is 13.5. The van der Waals surface area contributed by atoms with Crippen molar-refractivity contribution in [3.8, 4) is 0 Å². The first kappa shape index (κ1) is 15.1. The van der Waals surface area contributed by atoms with Gasteiger partial charge in [-0.05, 0) is 26.0 Å². The number of hydrogen-bond donors (Lipinski definition) is 1. The zero-order valence-electron chi connectivity index (χ0n) is 10.7. The molecule has 18 heavy (non-hydrogen) atoms. The highest BCUT2D eigenvalue weighted by Crippen LogP contribution is 2.20. The SMILES string of the molecule is CCN(CC(C)(C)O)S(=O)(=O)c1ccccc1F. The Morgan fingerprint density at radius 2 is 1.89 bits per heavy atom. The molecule has 0 radical (unpaired) electrons. The van der Waals surface area contributed by atoms with Crippen molar-refractivity contribution in [2.24, 2.45) is 0 Å². The van der Waals surface area contributed by atoms with E-state index in [1.165, 1.54) is 32.0 Å². The second-order valence-electron chi connectivity index (χ2n) is 4.67. The summed E-state index contributed by atoms with van der Waals surface area (Å²) in [6.45, 7) is 4.74. The predicted molar refractivity (Wildman–Crippen MR) is 67.1 cm³/mol. The quantitative estimate of drug-likeness (QED) is 0.888. The van der Waals surface area contributed by atoms with Crippen molar-refractivity contribution in [1.82, 2.24) is 4.31 Å². The summed E-state index contributed by atoms with van der Waals surface area (Å²) in [4.78, 5) is -0.365. The molecule has 0 aliphatic carbocycles. The molecule has 0 bridgehead atoms. The molecule has 4 nitrogen and oxygen atoms in total. The van der Waals surface area contributed by atoms with E-state index in [-0.39, 0.29) is 18.0 Å². The van der Waals surface area contributed by atoms with Crippen molar-refractivity contribution in [3.05, 3.63) is 30.1 Å². The molecule has 0 aliphatic rings. The van der Waals surface area contributed by atoms with Crippen LogP contribution < -0.4 is 0 Å².